The summed E-state index contributed by atoms with van der Waals surface area (Å²) in [5, 5.41) is 28.1. The van der Waals surface area contributed by atoms with E-state index in [9.17, 15) is 19.8 Å². The number of hydrogen-bond donors (Lipinski definition) is 5. The zero-order valence-electron chi connectivity index (χ0n) is 16.6. The number of nitrogens with zero attached hydrogens (tertiary/aromatic N) is 2. The minimum Gasteiger partial charge on any atom is -0.480 e. The summed E-state index contributed by atoms with van der Waals surface area (Å²) in [6.45, 7) is 5.24. The van der Waals surface area contributed by atoms with E-state index in [0.29, 0.717) is 0 Å². The number of carbonyl (C=O) groups is 2. The number of carbonyl (C=O) groups excluding carboxylic acids is 1. The predicted octanol–water partition coefficient (Wildman–Crippen LogP) is 1.14. The highest BCUT2D eigenvalue weighted by atomic mass is 16.5. The lowest BCUT2D eigenvalue weighted by Gasteiger charge is -2.20. The van der Waals surface area contributed by atoms with Crippen LogP contribution in [0.15, 0.2) is 34.9 Å². The summed E-state index contributed by atoms with van der Waals surface area (Å²) < 4.78 is 5.15. The third-order valence-electron chi connectivity index (χ3n) is 4.39. The number of aliphatic hydroxyl groups excluding tert-OH is 1. The van der Waals surface area contributed by atoms with E-state index < -0.39 is 36.2 Å². The van der Waals surface area contributed by atoms with Crippen molar-refractivity contribution in [2.75, 3.05) is 0 Å². The van der Waals surface area contributed by atoms with Crippen molar-refractivity contribution in [3.05, 3.63) is 47.6 Å². The summed E-state index contributed by atoms with van der Waals surface area (Å²) in [5.74, 6) is -0.872. The van der Waals surface area contributed by atoms with Crippen LogP contribution in [0.4, 0.5) is 4.79 Å². The highest BCUT2D eigenvalue weighted by molar-refractivity contribution is 5.83. The van der Waals surface area contributed by atoms with Crippen LogP contribution in [0.25, 0.3) is 0 Å². The molecule has 0 aliphatic carbocycles. The van der Waals surface area contributed by atoms with Gasteiger partial charge in [0.05, 0.1) is 12.1 Å². The maximum atomic E-state index is 12.4. The van der Waals surface area contributed by atoms with Gasteiger partial charge < -0.3 is 31.1 Å². The number of benzene rings is 1. The predicted molar refractivity (Wildman–Crippen MR) is 104 cm³/mol. The Morgan fingerprint density at radius 1 is 1.17 bits per heavy atom. The van der Waals surface area contributed by atoms with Crippen molar-refractivity contribution in [3.63, 3.8) is 0 Å². The number of aromatic nitrogens is 2. The molecule has 10 heteroatoms. The minimum absolute atomic E-state index is 0.0174. The molecule has 0 fully saturated rings. The number of hydrogen-bond acceptors (Lipinski definition) is 7. The van der Waals surface area contributed by atoms with Gasteiger partial charge in [-0.2, -0.15) is 4.98 Å². The average Bonchev–Trinajstić information content (AvgIpc) is 3.15. The van der Waals surface area contributed by atoms with Gasteiger partial charge in [0.1, 0.15) is 12.1 Å². The molecule has 6 N–H and O–H groups in total. The molecule has 0 aliphatic rings. The van der Waals surface area contributed by atoms with Gasteiger partial charge >= 0.3 is 12.0 Å². The SMILES string of the molecule is CC(C)C(N)c1noc(C(NC(=O)N[C@@H](Cc2ccccc2)C(=O)O)[C@H](C)O)n1. The Balaban J connectivity index is 2.07. The number of aliphatic hydroxyl groups is 1. The number of amides is 2. The van der Waals surface area contributed by atoms with Crippen LogP contribution in [-0.2, 0) is 11.2 Å². The molecular formula is C19H27N5O5. The molecule has 4 atom stereocenters. The van der Waals surface area contributed by atoms with Crippen LogP contribution >= 0.6 is 0 Å². The fraction of sp³-hybridized carbons (Fsp3) is 0.474. The van der Waals surface area contributed by atoms with Crippen LogP contribution in [0.5, 0.6) is 0 Å². The van der Waals surface area contributed by atoms with E-state index in [-0.39, 0.29) is 24.1 Å². The molecule has 1 aromatic heterocycles. The molecule has 0 bridgehead atoms. The van der Waals surface area contributed by atoms with Crippen molar-refractivity contribution in [2.24, 2.45) is 11.7 Å². The van der Waals surface area contributed by atoms with Gasteiger partial charge in [0.2, 0.25) is 0 Å². The summed E-state index contributed by atoms with van der Waals surface area (Å²) >= 11 is 0. The Labute approximate surface area is 168 Å². The molecule has 10 nitrogen and oxygen atoms in total. The zero-order valence-corrected chi connectivity index (χ0v) is 16.6. The first-order chi connectivity index (χ1) is 13.7. The molecule has 0 saturated carbocycles. The smallest absolute Gasteiger partial charge is 0.326 e. The Hall–Kier alpha value is -2.98. The largest absolute Gasteiger partial charge is 0.480 e. The van der Waals surface area contributed by atoms with Crippen molar-refractivity contribution in [3.8, 4) is 0 Å². The molecule has 2 aromatic rings. The molecule has 2 unspecified atom stereocenters. The van der Waals surface area contributed by atoms with Gasteiger partial charge in [0.25, 0.3) is 5.89 Å². The van der Waals surface area contributed by atoms with E-state index in [2.05, 4.69) is 20.8 Å². The van der Waals surface area contributed by atoms with Crippen molar-refractivity contribution >= 4 is 12.0 Å². The molecule has 29 heavy (non-hydrogen) atoms. The number of carboxylic acid groups (broad SMARTS) is 1. The third kappa shape index (κ3) is 6.26. The van der Waals surface area contributed by atoms with Crippen molar-refractivity contribution in [1.29, 1.82) is 0 Å². The average molecular weight is 405 g/mol. The van der Waals surface area contributed by atoms with E-state index in [0.717, 1.165) is 5.56 Å². The summed E-state index contributed by atoms with van der Waals surface area (Å²) in [5.41, 5.74) is 6.75. The first-order valence-corrected chi connectivity index (χ1v) is 9.30. The number of nitrogens with two attached hydrogens (primary N) is 1. The zero-order chi connectivity index (χ0) is 21.6. The molecular weight excluding hydrogens is 378 g/mol. The Kier molecular flexibility index (Phi) is 7.68. The van der Waals surface area contributed by atoms with Crippen LogP contribution < -0.4 is 16.4 Å². The van der Waals surface area contributed by atoms with Crippen LogP contribution in [0.3, 0.4) is 0 Å². The topological polar surface area (TPSA) is 164 Å². The maximum absolute atomic E-state index is 12.4. The first-order valence-electron chi connectivity index (χ1n) is 9.30. The van der Waals surface area contributed by atoms with Gasteiger partial charge in [0, 0.05) is 6.42 Å². The molecule has 0 saturated heterocycles. The third-order valence-corrected chi connectivity index (χ3v) is 4.39. The van der Waals surface area contributed by atoms with E-state index in [1.54, 1.807) is 24.3 Å². The first kappa shape index (κ1) is 22.3. The van der Waals surface area contributed by atoms with Crippen molar-refractivity contribution in [2.45, 2.75) is 51.4 Å². The second-order valence-electron chi connectivity index (χ2n) is 7.18. The van der Waals surface area contributed by atoms with Crippen LogP contribution in [-0.4, -0.2) is 44.5 Å². The number of nitrogens with one attached hydrogen (secondary N) is 2. The molecule has 1 aromatic carbocycles. The standard InChI is InChI=1S/C19H27N5O5/c1-10(2)14(20)16-23-17(29-24-16)15(11(3)25)22-19(28)21-13(18(26)27)9-12-7-5-4-6-8-12/h4-8,10-11,13-15,25H,9,20H2,1-3H3,(H,26,27)(H2,21,22,28)/t11-,13-,14?,15?/m0/s1. The maximum Gasteiger partial charge on any atom is 0.326 e. The Morgan fingerprint density at radius 2 is 1.83 bits per heavy atom. The second-order valence-corrected chi connectivity index (χ2v) is 7.18. The number of aliphatic carboxylic acids is 1. The molecule has 1 heterocycles. The van der Waals surface area contributed by atoms with Gasteiger partial charge in [-0.25, -0.2) is 9.59 Å². The second kappa shape index (κ2) is 9.99. The number of urea groups is 1. The van der Waals surface area contributed by atoms with Crippen LogP contribution in [0.1, 0.15) is 50.1 Å². The van der Waals surface area contributed by atoms with E-state index in [4.69, 9.17) is 10.3 Å². The van der Waals surface area contributed by atoms with Crippen LogP contribution in [0, 0.1) is 5.92 Å². The Morgan fingerprint density at radius 3 is 2.38 bits per heavy atom. The lowest BCUT2D eigenvalue weighted by Crippen LogP contribution is -2.49. The summed E-state index contributed by atoms with van der Waals surface area (Å²) in [4.78, 5) is 28.1. The molecule has 2 amide bonds. The van der Waals surface area contributed by atoms with Gasteiger partial charge in [-0.1, -0.05) is 49.3 Å². The fourth-order valence-electron chi connectivity index (χ4n) is 2.59. The van der Waals surface area contributed by atoms with Gasteiger partial charge in [-0.3, -0.25) is 0 Å². The highest BCUT2D eigenvalue weighted by Gasteiger charge is 2.29. The van der Waals surface area contributed by atoms with E-state index in [1.165, 1.54) is 6.92 Å². The monoisotopic (exact) mass is 405 g/mol. The Bertz CT molecular complexity index is 808. The fourth-order valence-corrected chi connectivity index (χ4v) is 2.59. The summed E-state index contributed by atoms with van der Waals surface area (Å²) in [6, 6.07) is 5.50. The van der Waals surface area contributed by atoms with Gasteiger partial charge in [0.15, 0.2) is 5.82 Å². The van der Waals surface area contributed by atoms with Crippen molar-refractivity contribution < 1.29 is 24.3 Å². The van der Waals surface area contributed by atoms with Crippen molar-refractivity contribution in [1.82, 2.24) is 20.8 Å². The highest BCUT2D eigenvalue weighted by Crippen LogP contribution is 2.20. The van der Waals surface area contributed by atoms with E-state index >= 15 is 0 Å². The number of carboxylic acids is 1. The molecule has 158 valence electrons. The molecule has 0 radical (unpaired) electrons. The summed E-state index contributed by atoms with van der Waals surface area (Å²) in [7, 11) is 0. The van der Waals surface area contributed by atoms with Gasteiger partial charge in [-0.15, -0.1) is 0 Å². The minimum atomic E-state index is -1.18. The lowest BCUT2D eigenvalue weighted by molar-refractivity contribution is -0.139. The quantitative estimate of drug-likeness (QED) is 0.414. The normalized spacial score (nSPS) is 15.4. The molecule has 0 spiro atoms. The lowest BCUT2D eigenvalue weighted by atomic mass is 10.1. The van der Waals surface area contributed by atoms with E-state index in [1.807, 2.05) is 19.9 Å². The molecule has 0 aliphatic heterocycles. The number of rotatable bonds is 9. The van der Waals surface area contributed by atoms with Crippen LogP contribution in [0.2, 0.25) is 0 Å². The van der Waals surface area contributed by atoms with Gasteiger partial charge in [-0.05, 0) is 18.4 Å². The molecule has 2 rings (SSSR count). The summed E-state index contributed by atoms with van der Waals surface area (Å²) in [6.07, 6.45) is -0.960.